The van der Waals surface area contributed by atoms with E-state index in [1.165, 1.54) is 18.2 Å². The zero-order chi connectivity index (χ0) is 21.8. The van der Waals surface area contributed by atoms with Gasteiger partial charge in [-0.1, -0.05) is 29.3 Å². The average Bonchev–Trinajstić information content (AvgIpc) is 2.56. The Morgan fingerprint density at radius 3 is 1.93 bits per heavy atom. The average molecular weight is 485 g/mol. The van der Waals surface area contributed by atoms with Crippen molar-refractivity contribution in [2.75, 3.05) is 37.8 Å². The smallest absolute Gasteiger partial charge is 0.416 e. The summed E-state index contributed by atoms with van der Waals surface area (Å²) in [5.74, 6) is -0.878. The van der Waals surface area contributed by atoms with Gasteiger partial charge in [-0.25, -0.2) is 0 Å². The van der Waals surface area contributed by atoms with Gasteiger partial charge in [0.05, 0.1) is 29.7 Å². The van der Waals surface area contributed by atoms with E-state index in [1.807, 2.05) is 0 Å². The maximum absolute atomic E-state index is 12.8. The number of amides is 2. The van der Waals surface area contributed by atoms with Gasteiger partial charge in [0.2, 0.25) is 0 Å². The third-order valence-corrected chi connectivity index (χ3v) is 4.56. The second-order valence-electron chi connectivity index (χ2n) is 7.06. The number of hydrogen-bond donors (Lipinski definition) is 2. The lowest BCUT2D eigenvalue weighted by Gasteiger charge is -2.28. The molecule has 0 aliphatic carbocycles. The van der Waals surface area contributed by atoms with Crippen LogP contribution in [-0.4, -0.2) is 43.5 Å². The van der Waals surface area contributed by atoms with Crippen LogP contribution >= 0.6 is 23.2 Å². The van der Waals surface area contributed by atoms with Crippen LogP contribution in [0.1, 0.15) is 5.56 Å². The van der Waals surface area contributed by atoms with E-state index in [0.717, 1.165) is 12.1 Å². The summed E-state index contributed by atoms with van der Waals surface area (Å²) in [7, 11) is 3.31. The van der Waals surface area contributed by atoms with Gasteiger partial charge < -0.3 is 27.5 Å². The van der Waals surface area contributed by atoms with Gasteiger partial charge in [-0.05, 0) is 36.4 Å². The van der Waals surface area contributed by atoms with E-state index in [1.54, 1.807) is 26.2 Å². The van der Waals surface area contributed by atoms with Gasteiger partial charge in [0.25, 0.3) is 11.8 Å². The molecule has 0 bridgehead atoms. The molecule has 0 unspecified atom stereocenters. The SMILES string of the molecule is C[N+](C)(CC(=O)Nc1cccc(C(F)(F)F)c1)CC(=O)Nc1ccc(Cl)c(Cl)c1.[Cl-]. The van der Waals surface area contributed by atoms with Gasteiger partial charge in [-0.2, -0.15) is 13.2 Å². The molecule has 2 aromatic rings. The van der Waals surface area contributed by atoms with E-state index in [0.29, 0.717) is 15.7 Å². The molecule has 2 rings (SSSR count). The second-order valence-corrected chi connectivity index (χ2v) is 7.87. The molecule has 2 amide bonds. The topological polar surface area (TPSA) is 58.2 Å². The monoisotopic (exact) mass is 483 g/mol. The van der Waals surface area contributed by atoms with Crippen molar-refractivity contribution >= 4 is 46.4 Å². The van der Waals surface area contributed by atoms with Gasteiger partial charge in [0.15, 0.2) is 13.1 Å². The first kappa shape index (κ1) is 26.0. The fourth-order valence-electron chi connectivity index (χ4n) is 2.58. The number of likely N-dealkylation sites (N-methyl/N-ethyl adjacent to an activating group) is 1. The number of rotatable bonds is 6. The minimum absolute atomic E-state index is 0. The Kier molecular flexibility index (Phi) is 8.98. The number of anilines is 2. The Hall–Kier alpha value is -2.00. The van der Waals surface area contributed by atoms with Crippen LogP contribution in [0, 0.1) is 0 Å². The predicted molar refractivity (Wildman–Crippen MR) is 107 cm³/mol. The zero-order valence-corrected chi connectivity index (χ0v) is 18.3. The lowest BCUT2D eigenvalue weighted by atomic mass is 10.2. The first-order valence-electron chi connectivity index (χ1n) is 8.40. The normalized spacial score (nSPS) is 11.4. The van der Waals surface area contributed by atoms with Crippen molar-refractivity contribution in [3.8, 4) is 0 Å². The van der Waals surface area contributed by atoms with Crippen LogP contribution < -0.4 is 23.0 Å². The molecule has 0 fully saturated rings. The first-order valence-corrected chi connectivity index (χ1v) is 9.15. The highest BCUT2D eigenvalue weighted by molar-refractivity contribution is 6.42. The number of carbonyl (C=O) groups excluding carboxylic acids is 2. The molecule has 11 heteroatoms. The maximum atomic E-state index is 12.8. The van der Waals surface area contributed by atoms with E-state index in [9.17, 15) is 22.8 Å². The largest absolute Gasteiger partial charge is 1.00 e. The molecule has 2 N–H and O–H groups in total. The van der Waals surface area contributed by atoms with Gasteiger partial charge >= 0.3 is 6.18 Å². The van der Waals surface area contributed by atoms with Crippen molar-refractivity contribution in [2.24, 2.45) is 0 Å². The molecule has 0 atom stereocenters. The quantitative estimate of drug-likeness (QED) is 0.613. The number of nitrogens with one attached hydrogen (secondary N) is 2. The number of benzene rings is 2. The summed E-state index contributed by atoms with van der Waals surface area (Å²) in [6.07, 6.45) is -4.50. The third kappa shape index (κ3) is 8.02. The van der Waals surface area contributed by atoms with Crippen LogP contribution in [0.25, 0.3) is 0 Å². The fraction of sp³-hybridized carbons (Fsp3) is 0.263. The van der Waals surface area contributed by atoms with Gasteiger partial charge in [0, 0.05) is 11.4 Å². The zero-order valence-electron chi connectivity index (χ0n) is 16.0. The summed E-state index contributed by atoms with van der Waals surface area (Å²) >= 11 is 11.7. The molecule has 164 valence electrons. The molecule has 0 spiro atoms. The Morgan fingerprint density at radius 1 is 0.900 bits per heavy atom. The standard InChI is InChI=1S/C19H18Cl2F3N3O2.ClH/c1-27(2,11-18(29)26-14-6-7-15(20)16(21)9-14)10-17(28)25-13-5-3-4-12(8-13)19(22,23)24;/h3-9H,10-11H2,1-2H3,(H-,25,26,28,29);1H. The number of carbonyl (C=O) groups is 2. The summed E-state index contributed by atoms with van der Waals surface area (Å²) in [6.45, 7) is -0.165. The molecule has 0 saturated carbocycles. The Morgan fingerprint density at radius 2 is 1.43 bits per heavy atom. The van der Waals surface area contributed by atoms with Crippen LogP contribution in [0.3, 0.4) is 0 Å². The molecule has 0 saturated heterocycles. The lowest BCUT2D eigenvalue weighted by molar-refractivity contribution is -0.874. The first-order chi connectivity index (χ1) is 13.4. The predicted octanol–water partition coefficient (Wildman–Crippen LogP) is 1.67. The second kappa shape index (κ2) is 10.3. The van der Waals surface area contributed by atoms with Crippen LogP contribution in [0.15, 0.2) is 42.5 Å². The number of alkyl halides is 3. The van der Waals surface area contributed by atoms with Gasteiger partial charge in [-0.15, -0.1) is 0 Å². The van der Waals surface area contributed by atoms with Crippen molar-refractivity contribution in [3.05, 3.63) is 58.1 Å². The van der Waals surface area contributed by atoms with Crippen molar-refractivity contribution < 1.29 is 39.7 Å². The highest BCUT2D eigenvalue weighted by atomic mass is 35.5. The third-order valence-electron chi connectivity index (χ3n) is 3.82. The molecule has 0 heterocycles. The van der Waals surface area contributed by atoms with Gasteiger partial charge in [-0.3, -0.25) is 9.59 Å². The molecular weight excluding hydrogens is 466 g/mol. The number of quaternary nitrogens is 1. The lowest BCUT2D eigenvalue weighted by Crippen LogP contribution is -3.00. The molecule has 0 aliphatic rings. The number of halogens is 6. The van der Waals surface area contributed by atoms with Crippen LogP contribution in [0.4, 0.5) is 24.5 Å². The van der Waals surface area contributed by atoms with E-state index >= 15 is 0 Å². The molecule has 0 aromatic heterocycles. The van der Waals surface area contributed by atoms with Crippen LogP contribution in [0.5, 0.6) is 0 Å². The summed E-state index contributed by atoms with van der Waals surface area (Å²) < 4.78 is 38.3. The minimum Gasteiger partial charge on any atom is -1.00 e. The number of hydrogen-bond acceptors (Lipinski definition) is 2. The van der Waals surface area contributed by atoms with Crippen molar-refractivity contribution in [2.45, 2.75) is 6.18 Å². The van der Waals surface area contributed by atoms with E-state index < -0.39 is 17.6 Å². The molecule has 0 aliphatic heterocycles. The minimum atomic E-state index is -4.50. The summed E-state index contributed by atoms with van der Waals surface area (Å²) in [4.78, 5) is 24.5. The van der Waals surface area contributed by atoms with E-state index in [2.05, 4.69) is 10.6 Å². The van der Waals surface area contributed by atoms with E-state index in [4.69, 9.17) is 23.2 Å². The highest BCUT2D eigenvalue weighted by Gasteiger charge is 2.31. The number of nitrogens with zero attached hydrogens (tertiary/aromatic N) is 1. The Balaban J connectivity index is 0.00000450. The molecule has 5 nitrogen and oxygen atoms in total. The summed E-state index contributed by atoms with van der Waals surface area (Å²) in [6, 6.07) is 8.99. The molecule has 30 heavy (non-hydrogen) atoms. The van der Waals surface area contributed by atoms with Crippen molar-refractivity contribution in [3.63, 3.8) is 0 Å². The molecular formula is C19H19Cl3F3N3O2. The Bertz CT molecular complexity index is 921. The van der Waals surface area contributed by atoms with E-state index in [-0.39, 0.29) is 41.6 Å². The maximum Gasteiger partial charge on any atom is 0.416 e. The molecule has 2 aromatic carbocycles. The van der Waals surface area contributed by atoms with Crippen molar-refractivity contribution in [1.82, 2.24) is 0 Å². The van der Waals surface area contributed by atoms with Crippen molar-refractivity contribution in [1.29, 1.82) is 0 Å². The van der Waals surface area contributed by atoms with Crippen LogP contribution in [-0.2, 0) is 15.8 Å². The Labute approximate surface area is 188 Å². The van der Waals surface area contributed by atoms with Gasteiger partial charge in [0.1, 0.15) is 0 Å². The highest BCUT2D eigenvalue weighted by Crippen LogP contribution is 2.30. The molecule has 0 radical (unpaired) electrons. The summed E-state index contributed by atoms with van der Waals surface area (Å²) in [5.41, 5.74) is -0.368. The summed E-state index contributed by atoms with van der Waals surface area (Å²) in [5, 5.41) is 5.73. The fourth-order valence-corrected chi connectivity index (χ4v) is 2.88. The van der Waals surface area contributed by atoms with Crippen LogP contribution in [0.2, 0.25) is 10.0 Å².